The van der Waals surface area contributed by atoms with E-state index in [-0.39, 0.29) is 6.42 Å². The minimum absolute atomic E-state index is 0.261. The maximum Gasteiger partial charge on any atom is 0.418 e. The molecule has 6 nitrogen and oxygen atoms in total. The molecule has 0 fully saturated rings. The van der Waals surface area contributed by atoms with Crippen LogP contribution in [0.15, 0.2) is 54.6 Å². The Morgan fingerprint density at radius 2 is 1.68 bits per heavy atom. The highest BCUT2D eigenvalue weighted by molar-refractivity contribution is 7.98. The Morgan fingerprint density at radius 3 is 2.32 bits per heavy atom. The van der Waals surface area contributed by atoms with Crippen LogP contribution in [0.5, 0.6) is 0 Å². The second kappa shape index (κ2) is 11.4. The Bertz CT molecular complexity index is 907. The molecule has 1 atom stereocenters. The first kappa shape index (κ1) is 24.3. The molecule has 2 rings (SSSR count). The van der Waals surface area contributed by atoms with Crippen molar-refractivity contribution in [2.45, 2.75) is 18.6 Å². The lowest BCUT2D eigenvalue weighted by atomic mass is 10.1. The van der Waals surface area contributed by atoms with Crippen LogP contribution in [-0.2, 0) is 20.5 Å². The highest BCUT2D eigenvalue weighted by atomic mass is 32.2. The van der Waals surface area contributed by atoms with E-state index in [2.05, 4.69) is 10.6 Å². The average molecular weight is 454 g/mol. The van der Waals surface area contributed by atoms with Gasteiger partial charge in [-0.05, 0) is 42.7 Å². The van der Waals surface area contributed by atoms with Crippen LogP contribution < -0.4 is 10.6 Å². The molecule has 2 amide bonds. The summed E-state index contributed by atoms with van der Waals surface area (Å²) in [7, 11) is 0. The summed E-state index contributed by atoms with van der Waals surface area (Å²) in [6, 6.07) is 11.7. The van der Waals surface area contributed by atoms with Crippen molar-refractivity contribution in [1.29, 1.82) is 0 Å². The van der Waals surface area contributed by atoms with Crippen molar-refractivity contribution in [3.05, 3.63) is 65.7 Å². The van der Waals surface area contributed by atoms with Crippen LogP contribution in [0.3, 0.4) is 0 Å². The van der Waals surface area contributed by atoms with Gasteiger partial charge in [-0.1, -0.05) is 30.3 Å². The number of amides is 2. The summed E-state index contributed by atoms with van der Waals surface area (Å²) in [5.41, 5.74) is -1.10. The van der Waals surface area contributed by atoms with E-state index in [9.17, 15) is 27.6 Å². The van der Waals surface area contributed by atoms with Crippen molar-refractivity contribution >= 4 is 35.2 Å². The molecule has 0 saturated heterocycles. The monoisotopic (exact) mass is 454 g/mol. The minimum Gasteiger partial charge on any atom is -0.454 e. The lowest BCUT2D eigenvalue weighted by Crippen LogP contribution is -2.43. The fourth-order valence-corrected chi connectivity index (χ4v) is 3.05. The van der Waals surface area contributed by atoms with Gasteiger partial charge in [-0.3, -0.25) is 9.59 Å². The number of hydrogen-bond acceptors (Lipinski definition) is 5. The Balaban J connectivity index is 1.97. The van der Waals surface area contributed by atoms with Crippen molar-refractivity contribution < 1.29 is 32.3 Å². The Kier molecular flexibility index (Phi) is 8.92. The topological polar surface area (TPSA) is 84.5 Å². The van der Waals surface area contributed by atoms with E-state index in [1.807, 2.05) is 6.26 Å². The first-order valence-electron chi connectivity index (χ1n) is 9.20. The molecule has 1 unspecified atom stereocenters. The number of ether oxygens (including phenoxy) is 1. The standard InChI is InChI=1S/C21H21F3N2O4S/c1-31-12-11-17(26-19(28)14-7-3-2-4-8-14)20(29)30-13-18(27)25-16-10-6-5-9-15(16)21(22,23)24/h2-10,17H,11-13H2,1H3,(H,25,27)(H,26,28). The lowest BCUT2D eigenvalue weighted by Gasteiger charge is -2.18. The van der Waals surface area contributed by atoms with Crippen molar-refractivity contribution in [3.63, 3.8) is 0 Å². The third-order valence-electron chi connectivity index (χ3n) is 4.09. The van der Waals surface area contributed by atoms with Gasteiger partial charge in [0.2, 0.25) is 0 Å². The third-order valence-corrected chi connectivity index (χ3v) is 4.73. The van der Waals surface area contributed by atoms with Crippen LogP contribution in [0.4, 0.5) is 18.9 Å². The van der Waals surface area contributed by atoms with Crippen LogP contribution in [0.25, 0.3) is 0 Å². The Hall–Kier alpha value is -3.01. The van der Waals surface area contributed by atoms with Crippen LogP contribution in [0, 0.1) is 0 Å². The normalized spacial score (nSPS) is 12.0. The number of para-hydroxylation sites is 1. The lowest BCUT2D eigenvalue weighted by molar-refractivity contribution is -0.149. The number of anilines is 1. The number of halogens is 3. The van der Waals surface area contributed by atoms with Crippen molar-refractivity contribution in [1.82, 2.24) is 5.32 Å². The number of rotatable bonds is 9. The number of carbonyl (C=O) groups is 3. The summed E-state index contributed by atoms with van der Waals surface area (Å²) >= 11 is 1.46. The van der Waals surface area contributed by atoms with Gasteiger partial charge in [0.15, 0.2) is 6.61 Å². The van der Waals surface area contributed by atoms with E-state index >= 15 is 0 Å². The number of esters is 1. The van der Waals surface area contributed by atoms with Gasteiger partial charge in [0, 0.05) is 5.56 Å². The van der Waals surface area contributed by atoms with Crippen LogP contribution in [0.2, 0.25) is 0 Å². The average Bonchev–Trinajstić information content (AvgIpc) is 2.75. The third kappa shape index (κ3) is 7.63. The molecule has 166 valence electrons. The van der Waals surface area contributed by atoms with Crippen LogP contribution >= 0.6 is 11.8 Å². The second-order valence-electron chi connectivity index (χ2n) is 6.37. The second-order valence-corrected chi connectivity index (χ2v) is 7.36. The molecule has 2 N–H and O–H groups in total. The molecule has 0 aliphatic carbocycles. The minimum atomic E-state index is -4.65. The number of hydrogen-bond donors (Lipinski definition) is 2. The molecule has 0 aliphatic rings. The molecule has 0 heterocycles. The molecule has 0 saturated carbocycles. The summed E-state index contributed by atoms with van der Waals surface area (Å²) < 4.78 is 44.0. The zero-order valence-corrected chi connectivity index (χ0v) is 17.4. The SMILES string of the molecule is CSCCC(NC(=O)c1ccccc1)C(=O)OCC(=O)Nc1ccccc1C(F)(F)F. The zero-order chi connectivity index (χ0) is 22.9. The summed E-state index contributed by atoms with van der Waals surface area (Å²) in [6.07, 6.45) is -2.56. The van der Waals surface area contributed by atoms with Gasteiger partial charge >= 0.3 is 12.1 Å². The number of thioether (sulfide) groups is 1. The molecule has 2 aromatic rings. The van der Waals surface area contributed by atoms with Gasteiger partial charge in [0.25, 0.3) is 11.8 Å². The number of benzene rings is 2. The maximum atomic E-state index is 13.0. The molecule has 0 aromatic heterocycles. The van der Waals surface area contributed by atoms with Crippen molar-refractivity contribution in [2.24, 2.45) is 0 Å². The predicted octanol–water partition coefficient (Wildman–Crippen LogP) is 3.74. The molecule has 0 radical (unpaired) electrons. The zero-order valence-electron chi connectivity index (χ0n) is 16.6. The predicted molar refractivity (Wildman–Crippen MR) is 112 cm³/mol. The molecule has 31 heavy (non-hydrogen) atoms. The maximum absolute atomic E-state index is 13.0. The summed E-state index contributed by atoms with van der Waals surface area (Å²) in [6.45, 7) is -0.790. The quantitative estimate of drug-likeness (QED) is 0.564. The molecule has 10 heteroatoms. The smallest absolute Gasteiger partial charge is 0.418 e. The van der Waals surface area contributed by atoms with Gasteiger partial charge in [-0.15, -0.1) is 0 Å². The molecular weight excluding hydrogens is 433 g/mol. The van der Waals surface area contributed by atoms with E-state index in [4.69, 9.17) is 4.74 Å². The van der Waals surface area contributed by atoms with Crippen molar-refractivity contribution in [2.75, 3.05) is 23.9 Å². The van der Waals surface area contributed by atoms with E-state index < -0.39 is 47.9 Å². The largest absolute Gasteiger partial charge is 0.454 e. The molecule has 2 aromatic carbocycles. The van der Waals surface area contributed by atoms with Gasteiger partial charge in [0.05, 0.1) is 11.3 Å². The molecule has 0 spiro atoms. The number of carbonyl (C=O) groups excluding carboxylic acids is 3. The first-order chi connectivity index (χ1) is 14.7. The number of nitrogens with one attached hydrogen (secondary N) is 2. The highest BCUT2D eigenvalue weighted by Crippen LogP contribution is 2.34. The highest BCUT2D eigenvalue weighted by Gasteiger charge is 2.33. The van der Waals surface area contributed by atoms with Gasteiger partial charge in [-0.25, -0.2) is 4.79 Å². The van der Waals surface area contributed by atoms with Gasteiger partial charge < -0.3 is 15.4 Å². The molecular formula is C21H21F3N2O4S. The fourth-order valence-electron chi connectivity index (χ4n) is 2.58. The summed E-state index contributed by atoms with van der Waals surface area (Å²) in [5.74, 6) is -1.71. The summed E-state index contributed by atoms with van der Waals surface area (Å²) in [4.78, 5) is 36.7. The Labute approximate surface area is 181 Å². The van der Waals surface area contributed by atoms with Crippen molar-refractivity contribution in [3.8, 4) is 0 Å². The fraction of sp³-hybridized carbons (Fsp3) is 0.286. The molecule has 0 bridgehead atoms. The van der Waals surface area contributed by atoms with Gasteiger partial charge in [-0.2, -0.15) is 24.9 Å². The Morgan fingerprint density at radius 1 is 1.03 bits per heavy atom. The van der Waals surface area contributed by atoms with E-state index in [1.54, 1.807) is 30.3 Å². The first-order valence-corrected chi connectivity index (χ1v) is 10.6. The van der Waals surface area contributed by atoms with Gasteiger partial charge in [0.1, 0.15) is 6.04 Å². The molecule has 0 aliphatic heterocycles. The van der Waals surface area contributed by atoms with Crippen LogP contribution in [0.1, 0.15) is 22.3 Å². The number of alkyl halides is 3. The van der Waals surface area contributed by atoms with E-state index in [0.29, 0.717) is 11.3 Å². The van der Waals surface area contributed by atoms with E-state index in [1.165, 1.54) is 23.9 Å². The van der Waals surface area contributed by atoms with E-state index in [0.717, 1.165) is 12.1 Å². The van der Waals surface area contributed by atoms with Crippen LogP contribution in [-0.4, -0.2) is 42.4 Å². The summed E-state index contributed by atoms with van der Waals surface area (Å²) in [5, 5.41) is 4.66.